The Balaban J connectivity index is 4.35. The average molecular weight is 256 g/mol. The minimum atomic E-state index is -0.442. The van der Waals surface area contributed by atoms with Crippen molar-refractivity contribution in [2.75, 3.05) is 6.54 Å². The maximum absolute atomic E-state index is 12.0. The molecule has 0 rings (SSSR count). The topological polar surface area (TPSA) is 58.2 Å². The zero-order chi connectivity index (χ0) is 14.3. The van der Waals surface area contributed by atoms with Crippen LogP contribution in [0.1, 0.15) is 48.0 Å². The van der Waals surface area contributed by atoms with Gasteiger partial charge in [0, 0.05) is 6.54 Å². The fourth-order valence-electron chi connectivity index (χ4n) is 1.60. The van der Waals surface area contributed by atoms with Gasteiger partial charge in [0.15, 0.2) is 0 Å². The lowest BCUT2D eigenvalue weighted by atomic mass is 9.89. The second-order valence-electron chi connectivity index (χ2n) is 6.47. The average Bonchev–Trinajstić information content (AvgIpc) is 2.22. The van der Waals surface area contributed by atoms with Crippen molar-refractivity contribution in [1.82, 2.24) is 10.6 Å². The zero-order valence-corrected chi connectivity index (χ0v) is 12.5. The molecular weight excluding hydrogens is 228 g/mol. The summed E-state index contributed by atoms with van der Waals surface area (Å²) in [5.41, 5.74) is 0.199. The van der Waals surface area contributed by atoms with Crippen LogP contribution in [0, 0.1) is 17.3 Å². The van der Waals surface area contributed by atoms with Gasteiger partial charge in [0.25, 0.3) is 0 Å². The molecule has 0 radical (unpaired) electrons. The van der Waals surface area contributed by atoms with E-state index in [4.69, 9.17) is 0 Å². The SMILES string of the molecule is CC(C)C(C)C(NC=O)C(=O)NCCC(C)(C)C. The van der Waals surface area contributed by atoms with Crippen LogP contribution in [0.15, 0.2) is 0 Å². The summed E-state index contributed by atoms with van der Waals surface area (Å²) < 4.78 is 0. The van der Waals surface area contributed by atoms with Crippen LogP contribution in [-0.4, -0.2) is 24.9 Å². The Labute approximate surface area is 111 Å². The number of hydrogen-bond donors (Lipinski definition) is 2. The van der Waals surface area contributed by atoms with Crippen molar-refractivity contribution in [3.63, 3.8) is 0 Å². The van der Waals surface area contributed by atoms with E-state index in [2.05, 4.69) is 31.4 Å². The lowest BCUT2D eigenvalue weighted by Crippen LogP contribution is -2.49. The van der Waals surface area contributed by atoms with Gasteiger partial charge in [-0.15, -0.1) is 0 Å². The lowest BCUT2D eigenvalue weighted by molar-refractivity contribution is -0.127. The van der Waals surface area contributed by atoms with E-state index in [0.717, 1.165) is 6.42 Å². The van der Waals surface area contributed by atoms with E-state index in [1.165, 1.54) is 0 Å². The largest absolute Gasteiger partial charge is 0.354 e. The molecule has 2 atom stereocenters. The third-order valence-corrected chi connectivity index (χ3v) is 3.28. The Morgan fingerprint density at radius 2 is 1.78 bits per heavy atom. The molecule has 106 valence electrons. The van der Waals surface area contributed by atoms with Crippen LogP contribution >= 0.6 is 0 Å². The summed E-state index contributed by atoms with van der Waals surface area (Å²) in [6, 6.07) is -0.442. The summed E-state index contributed by atoms with van der Waals surface area (Å²) in [5, 5.41) is 5.52. The summed E-state index contributed by atoms with van der Waals surface area (Å²) in [6.45, 7) is 13.1. The summed E-state index contributed by atoms with van der Waals surface area (Å²) in [4.78, 5) is 22.6. The van der Waals surface area contributed by atoms with Gasteiger partial charge in [-0.1, -0.05) is 41.5 Å². The van der Waals surface area contributed by atoms with Crippen LogP contribution in [-0.2, 0) is 9.59 Å². The first-order chi connectivity index (χ1) is 8.19. The Bertz CT molecular complexity index is 269. The Kier molecular flexibility index (Phi) is 6.96. The summed E-state index contributed by atoms with van der Waals surface area (Å²) >= 11 is 0. The van der Waals surface area contributed by atoms with Gasteiger partial charge in [0.2, 0.25) is 12.3 Å². The molecule has 0 spiro atoms. The normalized spacial score (nSPS) is 15.1. The molecule has 4 nitrogen and oxygen atoms in total. The standard InChI is InChI=1S/C14H28N2O2/c1-10(2)11(3)12(16-9-17)13(18)15-8-7-14(4,5)6/h9-12H,7-8H2,1-6H3,(H,15,18)(H,16,17). The predicted molar refractivity (Wildman–Crippen MR) is 74.1 cm³/mol. The van der Waals surface area contributed by atoms with Crippen molar-refractivity contribution in [1.29, 1.82) is 0 Å². The van der Waals surface area contributed by atoms with Gasteiger partial charge in [-0.25, -0.2) is 0 Å². The molecule has 0 aromatic rings. The molecule has 0 aliphatic carbocycles. The first-order valence-electron chi connectivity index (χ1n) is 6.66. The number of nitrogens with one attached hydrogen (secondary N) is 2. The maximum Gasteiger partial charge on any atom is 0.242 e. The van der Waals surface area contributed by atoms with Crippen LogP contribution in [0.4, 0.5) is 0 Å². The smallest absolute Gasteiger partial charge is 0.242 e. The molecule has 2 unspecified atom stereocenters. The predicted octanol–water partition coefficient (Wildman–Crippen LogP) is 1.95. The second kappa shape index (κ2) is 7.39. The molecule has 0 aromatic carbocycles. The van der Waals surface area contributed by atoms with Gasteiger partial charge in [-0.2, -0.15) is 0 Å². The first kappa shape index (κ1) is 16.9. The first-order valence-corrected chi connectivity index (χ1v) is 6.66. The minimum absolute atomic E-state index is 0.0902. The van der Waals surface area contributed by atoms with Gasteiger partial charge in [0.1, 0.15) is 6.04 Å². The van der Waals surface area contributed by atoms with Gasteiger partial charge < -0.3 is 10.6 Å². The van der Waals surface area contributed by atoms with Crippen LogP contribution in [0.3, 0.4) is 0 Å². The molecule has 2 N–H and O–H groups in total. The quantitative estimate of drug-likeness (QED) is 0.684. The summed E-state index contributed by atoms with van der Waals surface area (Å²) in [5.74, 6) is 0.369. The number of carbonyl (C=O) groups excluding carboxylic acids is 2. The highest BCUT2D eigenvalue weighted by Crippen LogP contribution is 2.18. The van der Waals surface area contributed by atoms with E-state index < -0.39 is 6.04 Å². The van der Waals surface area contributed by atoms with E-state index in [1.54, 1.807) is 0 Å². The second-order valence-corrected chi connectivity index (χ2v) is 6.47. The molecule has 0 bridgehead atoms. The zero-order valence-electron chi connectivity index (χ0n) is 12.5. The fourth-order valence-corrected chi connectivity index (χ4v) is 1.60. The van der Waals surface area contributed by atoms with Crippen molar-refractivity contribution in [2.24, 2.45) is 17.3 Å². The fraction of sp³-hybridized carbons (Fsp3) is 0.857. The third kappa shape index (κ3) is 6.62. The minimum Gasteiger partial charge on any atom is -0.354 e. The number of rotatable bonds is 7. The van der Waals surface area contributed by atoms with Crippen molar-refractivity contribution >= 4 is 12.3 Å². The molecule has 4 heteroatoms. The van der Waals surface area contributed by atoms with E-state index >= 15 is 0 Å². The van der Waals surface area contributed by atoms with Gasteiger partial charge >= 0.3 is 0 Å². The van der Waals surface area contributed by atoms with Crippen LogP contribution in [0.2, 0.25) is 0 Å². The highest BCUT2D eigenvalue weighted by Gasteiger charge is 2.26. The van der Waals surface area contributed by atoms with E-state index in [1.807, 2.05) is 20.8 Å². The Morgan fingerprint density at radius 1 is 1.22 bits per heavy atom. The van der Waals surface area contributed by atoms with Crippen molar-refractivity contribution in [3.8, 4) is 0 Å². The number of amides is 2. The van der Waals surface area contributed by atoms with Gasteiger partial charge in [-0.05, 0) is 23.7 Å². The Hall–Kier alpha value is -1.06. The molecule has 0 heterocycles. The van der Waals surface area contributed by atoms with Gasteiger partial charge in [0.05, 0.1) is 0 Å². The molecule has 2 amide bonds. The molecule has 0 saturated carbocycles. The molecule has 0 saturated heterocycles. The molecule has 0 aromatic heterocycles. The van der Waals surface area contributed by atoms with E-state index in [-0.39, 0.29) is 17.2 Å². The molecule has 0 aliphatic rings. The monoisotopic (exact) mass is 256 g/mol. The Morgan fingerprint density at radius 3 is 2.17 bits per heavy atom. The van der Waals surface area contributed by atoms with E-state index in [9.17, 15) is 9.59 Å². The van der Waals surface area contributed by atoms with Gasteiger partial charge in [-0.3, -0.25) is 9.59 Å². The number of carbonyl (C=O) groups is 2. The van der Waals surface area contributed by atoms with Crippen molar-refractivity contribution in [3.05, 3.63) is 0 Å². The van der Waals surface area contributed by atoms with Crippen LogP contribution < -0.4 is 10.6 Å². The number of hydrogen-bond acceptors (Lipinski definition) is 2. The highest BCUT2D eigenvalue weighted by molar-refractivity contribution is 5.83. The van der Waals surface area contributed by atoms with Crippen molar-refractivity contribution in [2.45, 2.75) is 54.0 Å². The van der Waals surface area contributed by atoms with Crippen LogP contribution in [0.5, 0.6) is 0 Å². The van der Waals surface area contributed by atoms with Crippen LogP contribution in [0.25, 0.3) is 0 Å². The highest BCUT2D eigenvalue weighted by atomic mass is 16.2. The van der Waals surface area contributed by atoms with Crippen molar-refractivity contribution < 1.29 is 9.59 Å². The molecular formula is C14H28N2O2. The maximum atomic E-state index is 12.0. The molecule has 0 aliphatic heterocycles. The lowest BCUT2D eigenvalue weighted by Gasteiger charge is -2.26. The third-order valence-electron chi connectivity index (χ3n) is 3.28. The summed E-state index contributed by atoms with van der Waals surface area (Å²) in [7, 11) is 0. The molecule has 18 heavy (non-hydrogen) atoms. The molecule has 0 fully saturated rings. The summed E-state index contributed by atoms with van der Waals surface area (Å²) in [6.07, 6.45) is 1.52. The van der Waals surface area contributed by atoms with E-state index in [0.29, 0.717) is 18.9 Å².